The summed E-state index contributed by atoms with van der Waals surface area (Å²) in [4.78, 5) is 13.7. The van der Waals surface area contributed by atoms with Crippen molar-refractivity contribution in [2.24, 2.45) is 0 Å². The lowest BCUT2D eigenvalue weighted by molar-refractivity contribution is 0.0379. The van der Waals surface area contributed by atoms with Gasteiger partial charge in [0.2, 0.25) is 0 Å². The molecule has 0 unspecified atom stereocenters. The van der Waals surface area contributed by atoms with E-state index >= 15 is 0 Å². The molecule has 1 aromatic carbocycles. The Morgan fingerprint density at radius 3 is 2.50 bits per heavy atom. The lowest BCUT2D eigenvalue weighted by Gasteiger charge is -2.18. The van der Waals surface area contributed by atoms with Crippen LogP contribution < -0.4 is 10.6 Å². The molecule has 2 N–H and O–H groups in total. The Hall–Kier alpha value is -1.71. The number of esters is 1. The molecule has 16 heavy (non-hydrogen) atoms. The van der Waals surface area contributed by atoms with Gasteiger partial charge in [-0.05, 0) is 32.0 Å². The molecule has 4 heteroatoms. The number of nitrogen functional groups attached to an aromatic ring is 1. The number of ether oxygens (including phenoxy) is 1. The van der Waals surface area contributed by atoms with Crippen molar-refractivity contribution in [3.8, 4) is 0 Å². The van der Waals surface area contributed by atoms with E-state index in [2.05, 4.69) is 0 Å². The third-order valence-electron chi connectivity index (χ3n) is 2.07. The molecule has 0 aliphatic heterocycles. The van der Waals surface area contributed by atoms with E-state index in [4.69, 9.17) is 10.5 Å². The summed E-state index contributed by atoms with van der Waals surface area (Å²) < 4.78 is 5.16. The molecule has 0 aromatic heterocycles. The maximum absolute atomic E-state index is 11.8. The van der Waals surface area contributed by atoms with Crippen LogP contribution in [0.5, 0.6) is 0 Å². The zero-order valence-corrected chi connectivity index (χ0v) is 10.2. The molecule has 0 amide bonds. The van der Waals surface area contributed by atoms with Gasteiger partial charge in [0.15, 0.2) is 0 Å². The third kappa shape index (κ3) is 2.89. The Bertz CT molecular complexity index is 387. The highest BCUT2D eigenvalue weighted by Gasteiger charge is 2.15. The van der Waals surface area contributed by atoms with Crippen molar-refractivity contribution in [1.29, 1.82) is 0 Å². The molecule has 1 aromatic rings. The summed E-state index contributed by atoms with van der Waals surface area (Å²) in [5.74, 6) is -0.342. The van der Waals surface area contributed by atoms with Crippen molar-refractivity contribution in [2.75, 3.05) is 24.7 Å². The first-order chi connectivity index (χ1) is 7.41. The first-order valence-corrected chi connectivity index (χ1v) is 5.19. The molecule has 4 nitrogen and oxygen atoms in total. The number of nitrogens with zero attached hydrogens (tertiary/aromatic N) is 1. The predicted octanol–water partition coefficient (Wildman–Crippen LogP) is 1.90. The van der Waals surface area contributed by atoms with Gasteiger partial charge in [-0.25, -0.2) is 4.79 Å². The summed E-state index contributed by atoms with van der Waals surface area (Å²) >= 11 is 0. The van der Waals surface area contributed by atoms with Gasteiger partial charge >= 0.3 is 5.97 Å². The van der Waals surface area contributed by atoms with Gasteiger partial charge in [0.1, 0.15) is 0 Å². The van der Waals surface area contributed by atoms with Crippen LogP contribution in [0, 0.1) is 0 Å². The smallest absolute Gasteiger partial charge is 0.340 e. The number of nitrogens with two attached hydrogens (primary N) is 1. The number of hydrogen-bond acceptors (Lipinski definition) is 4. The number of anilines is 2. The van der Waals surface area contributed by atoms with Crippen molar-refractivity contribution < 1.29 is 9.53 Å². The Balaban J connectivity index is 3.09. The maximum atomic E-state index is 11.8. The predicted molar refractivity (Wildman–Crippen MR) is 65.7 cm³/mol. The van der Waals surface area contributed by atoms with E-state index in [9.17, 15) is 4.79 Å². The van der Waals surface area contributed by atoms with E-state index in [-0.39, 0.29) is 12.1 Å². The number of benzene rings is 1. The van der Waals surface area contributed by atoms with Crippen molar-refractivity contribution in [3.63, 3.8) is 0 Å². The summed E-state index contributed by atoms with van der Waals surface area (Å²) in [7, 11) is 3.75. The Kier molecular flexibility index (Phi) is 3.77. The Labute approximate surface area is 96.0 Å². The molecule has 0 saturated heterocycles. The molecule has 88 valence electrons. The van der Waals surface area contributed by atoms with Gasteiger partial charge < -0.3 is 15.4 Å². The Morgan fingerprint density at radius 1 is 1.38 bits per heavy atom. The van der Waals surface area contributed by atoms with Gasteiger partial charge in [-0.3, -0.25) is 0 Å². The minimum atomic E-state index is -0.342. The normalized spacial score (nSPS) is 10.3. The maximum Gasteiger partial charge on any atom is 0.340 e. The van der Waals surface area contributed by atoms with Crippen molar-refractivity contribution >= 4 is 17.3 Å². The fourth-order valence-electron chi connectivity index (χ4n) is 1.38. The number of hydrogen-bond donors (Lipinski definition) is 1. The van der Waals surface area contributed by atoms with Crippen molar-refractivity contribution in [1.82, 2.24) is 0 Å². The zero-order valence-electron chi connectivity index (χ0n) is 10.2. The Morgan fingerprint density at radius 2 is 2.00 bits per heavy atom. The molecule has 0 aliphatic rings. The van der Waals surface area contributed by atoms with Gasteiger partial charge in [-0.1, -0.05) is 0 Å². The van der Waals surface area contributed by atoms with Crippen molar-refractivity contribution in [3.05, 3.63) is 23.8 Å². The van der Waals surface area contributed by atoms with E-state index in [0.717, 1.165) is 5.69 Å². The van der Waals surface area contributed by atoms with Gasteiger partial charge in [0, 0.05) is 19.8 Å². The molecule has 0 saturated carbocycles. The SMILES string of the molecule is CC(C)OC(=O)c1cc(N)ccc1N(C)C. The summed E-state index contributed by atoms with van der Waals surface area (Å²) in [6.07, 6.45) is -0.135. The second kappa shape index (κ2) is 4.88. The van der Waals surface area contributed by atoms with Crippen LogP contribution in [0.4, 0.5) is 11.4 Å². The first kappa shape index (κ1) is 12.4. The van der Waals surface area contributed by atoms with Crippen LogP contribution >= 0.6 is 0 Å². The summed E-state index contributed by atoms with van der Waals surface area (Å²) in [5, 5.41) is 0. The number of carbonyl (C=O) groups excluding carboxylic acids is 1. The zero-order chi connectivity index (χ0) is 12.3. The average molecular weight is 222 g/mol. The molecule has 0 fully saturated rings. The van der Waals surface area contributed by atoms with Gasteiger partial charge in [0.25, 0.3) is 0 Å². The molecular formula is C12H18N2O2. The van der Waals surface area contributed by atoms with Gasteiger partial charge in [-0.15, -0.1) is 0 Å². The largest absolute Gasteiger partial charge is 0.459 e. The molecular weight excluding hydrogens is 204 g/mol. The van der Waals surface area contributed by atoms with E-state index in [1.165, 1.54) is 0 Å². The van der Waals surface area contributed by atoms with Crippen LogP contribution in [0.3, 0.4) is 0 Å². The summed E-state index contributed by atoms with van der Waals surface area (Å²) in [6.45, 7) is 3.64. The van der Waals surface area contributed by atoms with Crippen molar-refractivity contribution in [2.45, 2.75) is 20.0 Å². The van der Waals surface area contributed by atoms with Crippen LogP contribution in [-0.4, -0.2) is 26.2 Å². The molecule has 0 radical (unpaired) electrons. The summed E-state index contributed by atoms with van der Waals surface area (Å²) in [5.41, 5.74) is 7.53. The minimum Gasteiger partial charge on any atom is -0.459 e. The molecule has 0 bridgehead atoms. The molecule has 1 rings (SSSR count). The van der Waals surface area contributed by atoms with E-state index in [0.29, 0.717) is 11.3 Å². The van der Waals surface area contributed by atoms with Gasteiger partial charge in [-0.2, -0.15) is 0 Å². The van der Waals surface area contributed by atoms with E-state index in [1.54, 1.807) is 12.1 Å². The summed E-state index contributed by atoms with van der Waals surface area (Å²) in [6, 6.07) is 5.22. The first-order valence-electron chi connectivity index (χ1n) is 5.19. The lowest BCUT2D eigenvalue weighted by Crippen LogP contribution is -2.18. The lowest BCUT2D eigenvalue weighted by atomic mass is 10.1. The highest BCUT2D eigenvalue weighted by molar-refractivity contribution is 5.97. The van der Waals surface area contributed by atoms with Crippen LogP contribution in [0.15, 0.2) is 18.2 Å². The molecule has 0 atom stereocenters. The fraction of sp³-hybridized carbons (Fsp3) is 0.417. The van der Waals surface area contributed by atoms with E-state index in [1.807, 2.05) is 38.9 Å². The highest BCUT2D eigenvalue weighted by Crippen LogP contribution is 2.22. The molecule has 0 heterocycles. The van der Waals surface area contributed by atoms with Crippen LogP contribution in [-0.2, 0) is 4.74 Å². The van der Waals surface area contributed by atoms with Crippen LogP contribution in [0.25, 0.3) is 0 Å². The monoisotopic (exact) mass is 222 g/mol. The quantitative estimate of drug-likeness (QED) is 0.627. The van der Waals surface area contributed by atoms with Gasteiger partial charge in [0.05, 0.1) is 17.4 Å². The number of rotatable bonds is 3. The van der Waals surface area contributed by atoms with Crippen LogP contribution in [0.2, 0.25) is 0 Å². The third-order valence-corrected chi connectivity index (χ3v) is 2.07. The standard InChI is InChI=1S/C12H18N2O2/c1-8(2)16-12(15)10-7-9(13)5-6-11(10)14(3)4/h5-8H,13H2,1-4H3. The number of carbonyl (C=O) groups is 1. The van der Waals surface area contributed by atoms with E-state index < -0.39 is 0 Å². The second-order valence-corrected chi connectivity index (χ2v) is 4.13. The topological polar surface area (TPSA) is 55.6 Å². The second-order valence-electron chi connectivity index (χ2n) is 4.13. The highest BCUT2D eigenvalue weighted by atomic mass is 16.5. The average Bonchev–Trinajstić information content (AvgIpc) is 2.15. The molecule has 0 aliphatic carbocycles. The molecule has 0 spiro atoms. The van der Waals surface area contributed by atoms with Crippen LogP contribution in [0.1, 0.15) is 24.2 Å². The minimum absolute atomic E-state index is 0.135. The fourth-order valence-corrected chi connectivity index (χ4v) is 1.38.